The number of nitrogens with zero attached hydrogens (tertiary/aromatic N) is 4. The van der Waals surface area contributed by atoms with Gasteiger partial charge in [0.25, 0.3) is 0 Å². The average molecular weight is 337 g/mol. The van der Waals surface area contributed by atoms with E-state index in [1.54, 1.807) is 30.6 Å². The zero-order chi connectivity index (χ0) is 17.6. The molecule has 0 aliphatic rings. The van der Waals surface area contributed by atoms with E-state index in [-0.39, 0.29) is 5.82 Å². The standard InChI is InChI=1S/C19H20FN5/c1-14-22-18(24-17-6-4-3-5-16(17)20)13-19(23-14)25(2)12-9-15-7-10-21-11-8-15/h3-8,10-11,13H,9,12H2,1-2H3,(H,22,23,24). The van der Waals surface area contributed by atoms with Crippen LogP contribution in [0.5, 0.6) is 0 Å². The molecule has 2 heterocycles. The van der Waals surface area contributed by atoms with Crippen molar-refractivity contribution in [1.82, 2.24) is 15.0 Å². The van der Waals surface area contributed by atoms with E-state index in [9.17, 15) is 4.39 Å². The van der Waals surface area contributed by atoms with Crippen molar-refractivity contribution in [1.29, 1.82) is 0 Å². The predicted molar refractivity (Wildman–Crippen MR) is 97.7 cm³/mol. The third kappa shape index (κ3) is 4.50. The lowest BCUT2D eigenvalue weighted by Crippen LogP contribution is -2.22. The maximum absolute atomic E-state index is 13.8. The average Bonchev–Trinajstić information content (AvgIpc) is 2.62. The number of rotatable bonds is 6. The van der Waals surface area contributed by atoms with E-state index in [1.807, 2.05) is 32.2 Å². The van der Waals surface area contributed by atoms with Gasteiger partial charge in [-0.05, 0) is 43.2 Å². The number of aromatic nitrogens is 3. The fourth-order valence-corrected chi connectivity index (χ4v) is 2.47. The first-order chi connectivity index (χ1) is 12.1. The molecule has 25 heavy (non-hydrogen) atoms. The Kier molecular flexibility index (Phi) is 5.18. The number of aryl methyl sites for hydroxylation is 1. The van der Waals surface area contributed by atoms with Crippen LogP contribution in [0.3, 0.4) is 0 Å². The summed E-state index contributed by atoms with van der Waals surface area (Å²) in [6, 6.07) is 12.4. The lowest BCUT2D eigenvalue weighted by Gasteiger charge is -2.19. The number of hydrogen-bond donors (Lipinski definition) is 1. The molecule has 5 nitrogen and oxygen atoms in total. The minimum atomic E-state index is -0.314. The molecular formula is C19H20FN5. The zero-order valence-electron chi connectivity index (χ0n) is 14.3. The number of pyridine rings is 1. The lowest BCUT2D eigenvalue weighted by atomic mass is 10.2. The van der Waals surface area contributed by atoms with Crippen molar-refractivity contribution in [2.24, 2.45) is 0 Å². The Bertz CT molecular complexity index is 838. The number of nitrogens with one attached hydrogen (secondary N) is 1. The van der Waals surface area contributed by atoms with Crippen LogP contribution in [0.15, 0.2) is 54.9 Å². The normalized spacial score (nSPS) is 10.5. The summed E-state index contributed by atoms with van der Waals surface area (Å²) >= 11 is 0. The third-order valence-corrected chi connectivity index (χ3v) is 3.84. The summed E-state index contributed by atoms with van der Waals surface area (Å²) in [5.74, 6) is 1.68. The predicted octanol–water partition coefficient (Wildman–Crippen LogP) is 3.74. The van der Waals surface area contributed by atoms with Gasteiger partial charge in [0.2, 0.25) is 0 Å². The van der Waals surface area contributed by atoms with Crippen molar-refractivity contribution in [2.45, 2.75) is 13.3 Å². The van der Waals surface area contributed by atoms with Gasteiger partial charge in [-0.15, -0.1) is 0 Å². The maximum Gasteiger partial charge on any atom is 0.146 e. The van der Waals surface area contributed by atoms with Crippen LogP contribution in [0.25, 0.3) is 0 Å². The van der Waals surface area contributed by atoms with Gasteiger partial charge >= 0.3 is 0 Å². The molecule has 0 fully saturated rings. The van der Waals surface area contributed by atoms with Crippen molar-refractivity contribution >= 4 is 17.3 Å². The van der Waals surface area contributed by atoms with Gasteiger partial charge in [0.1, 0.15) is 23.3 Å². The monoisotopic (exact) mass is 337 g/mol. The summed E-state index contributed by atoms with van der Waals surface area (Å²) in [5.41, 5.74) is 1.61. The highest BCUT2D eigenvalue weighted by molar-refractivity contribution is 5.60. The molecule has 1 aromatic carbocycles. The van der Waals surface area contributed by atoms with Gasteiger partial charge in [0.15, 0.2) is 0 Å². The zero-order valence-corrected chi connectivity index (χ0v) is 14.3. The Morgan fingerprint density at radius 3 is 2.60 bits per heavy atom. The number of benzene rings is 1. The molecule has 6 heteroatoms. The van der Waals surface area contributed by atoms with Crippen LogP contribution in [-0.4, -0.2) is 28.5 Å². The van der Waals surface area contributed by atoms with Crippen molar-refractivity contribution in [3.63, 3.8) is 0 Å². The summed E-state index contributed by atoms with van der Waals surface area (Å²) in [6.07, 6.45) is 4.47. The molecule has 0 unspecified atom stereocenters. The Morgan fingerprint density at radius 1 is 1.08 bits per heavy atom. The minimum Gasteiger partial charge on any atom is -0.359 e. The van der Waals surface area contributed by atoms with E-state index in [0.29, 0.717) is 17.3 Å². The number of para-hydroxylation sites is 1. The van der Waals surface area contributed by atoms with Crippen LogP contribution in [0, 0.1) is 12.7 Å². The molecular weight excluding hydrogens is 317 g/mol. The van der Waals surface area contributed by atoms with E-state index in [0.717, 1.165) is 18.8 Å². The minimum absolute atomic E-state index is 0.314. The van der Waals surface area contributed by atoms with Gasteiger partial charge in [0, 0.05) is 32.1 Å². The molecule has 1 N–H and O–H groups in total. The molecule has 0 bridgehead atoms. The van der Waals surface area contributed by atoms with Gasteiger partial charge < -0.3 is 10.2 Å². The van der Waals surface area contributed by atoms with E-state index in [1.165, 1.54) is 11.6 Å². The van der Waals surface area contributed by atoms with Gasteiger partial charge in [-0.3, -0.25) is 4.98 Å². The second-order valence-electron chi connectivity index (χ2n) is 5.79. The first-order valence-electron chi connectivity index (χ1n) is 8.09. The topological polar surface area (TPSA) is 53.9 Å². The number of halogens is 1. The van der Waals surface area contributed by atoms with Crippen molar-refractivity contribution in [2.75, 3.05) is 23.8 Å². The molecule has 3 rings (SSSR count). The Morgan fingerprint density at radius 2 is 1.84 bits per heavy atom. The van der Waals surface area contributed by atoms with Crippen LogP contribution in [0.2, 0.25) is 0 Å². The molecule has 3 aromatic rings. The molecule has 0 spiro atoms. The van der Waals surface area contributed by atoms with Crippen LogP contribution >= 0.6 is 0 Å². The molecule has 128 valence electrons. The smallest absolute Gasteiger partial charge is 0.146 e. The largest absolute Gasteiger partial charge is 0.359 e. The Hall–Kier alpha value is -3.02. The van der Waals surface area contributed by atoms with E-state index in [2.05, 4.69) is 25.2 Å². The molecule has 2 aromatic heterocycles. The number of hydrogen-bond acceptors (Lipinski definition) is 5. The second kappa shape index (κ2) is 7.70. The fraction of sp³-hybridized carbons (Fsp3) is 0.211. The van der Waals surface area contributed by atoms with Crippen molar-refractivity contribution in [3.05, 3.63) is 72.1 Å². The summed E-state index contributed by atoms with van der Waals surface area (Å²) in [6.45, 7) is 2.63. The molecule has 0 aliphatic carbocycles. The Labute approximate surface area is 146 Å². The van der Waals surface area contributed by atoms with Gasteiger partial charge in [-0.25, -0.2) is 14.4 Å². The molecule has 0 radical (unpaired) electrons. The van der Waals surface area contributed by atoms with Crippen LogP contribution in [0.1, 0.15) is 11.4 Å². The molecule has 0 saturated heterocycles. The number of anilines is 3. The van der Waals surface area contributed by atoms with E-state index < -0.39 is 0 Å². The fourth-order valence-electron chi connectivity index (χ4n) is 2.47. The Balaban J connectivity index is 1.73. The first-order valence-corrected chi connectivity index (χ1v) is 8.09. The highest BCUT2D eigenvalue weighted by atomic mass is 19.1. The van der Waals surface area contributed by atoms with Crippen LogP contribution < -0.4 is 10.2 Å². The molecule has 0 aliphatic heterocycles. The van der Waals surface area contributed by atoms with Crippen LogP contribution in [-0.2, 0) is 6.42 Å². The SMILES string of the molecule is Cc1nc(Nc2ccccc2F)cc(N(C)CCc2ccncc2)n1. The lowest BCUT2D eigenvalue weighted by molar-refractivity contribution is 0.632. The first kappa shape index (κ1) is 16.8. The summed E-state index contributed by atoms with van der Waals surface area (Å²) in [5, 5.41) is 3.02. The molecule has 0 atom stereocenters. The second-order valence-corrected chi connectivity index (χ2v) is 5.79. The highest BCUT2D eigenvalue weighted by Crippen LogP contribution is 2.21. The molecule has 0 saturated carbocycles. The van der Waals surface area contributed by atoms with E-state index in [4.69, 9.17) is 0 Å². The van der Waals surface area contributed by atoms with E-state index >= 15 is 0 Å². The molecule has 0 amide bonds. The maximum atomic E-state index is 13.8. The highest BCUT2D eigenvalue weighted by Gasteiger charge is 2.09. The van der Waals surface area contributed by atoms with Crippen molar-refractivity contribution < 1.29 is 4.39 Å². The van der Waals surface area contributed by atoms with Crippen LogP contribution in [0.4, 0.5) is 21.7 Å². The number of likely N-dealkylation sites (N-methyl/N-ethyl adjacent to an activating group) is 1. The summed E-state index contributed by atoms with van der Waals surface area (Å²) < 4.78 is 13.8. The van der Waals surface area contributed by atoms with Gasteiger partial charge in [-0.2, -0.15) is 0 Å². The summed E-state index contributed by atoms with van der Waals surface area (Å²) in [7, 11) is 1.98. The van der Waals surface area contributed by atoms with Gasteiger partial charge in [-0.1, -0.05) is 12.1 Å². The van der Waals surface area contributed by atoms with Crippen molar-refractivity contribution in [3.8, 4) is 0 Å². The van der Waals surface area contributed by atoms with Gasteiger partial charge in [0.05, 0.1) is 5.69 Å². The third-order valence-electron chi connectivity index (χ3n) is 3.84. The summed E-state index contributed by atoms with van der Waals surface area (Å²) in [4.78, 5) is 14.9. The quantitative estimate of drug-likeness (QED) is 0.742.